The smallest absolute Gasteiger partial charge is 0.236 e. The number of hydrogen-bond donors (Lipinski definition) is 1. The summed E-state index contributed by atoms with van der Waals surface area (Å²) in [5.41, 5.74) is 3.00. The zero-order valence-electron chi connectivity index (χ0n) is 14.1. The Balaban J connectivity index is 1.53. The fourth-order valence-corrected chi connectivity index (χ4v) is 4.67. The Morgan fingerprint density at radius 3 is 2.73 bits per heavy atom. The van der Waals surface area contributed by atoms with Gasteiger partial charge in [0.25, 0.3) is 0 Å². The average molecular weight is 391 g/mol. The highest BCUT2D eigenvalue weighted by atomic mass is 35.5. The predicted octanol–water partition coefficient (Wildman–Crippen LogP) is 3.58. The molecule has 5 nitrogen and oxygen atoms in total. The Morgan fingerprint density at radius 1 is 1.19 bits per heavy atom. The summed E-state index contributed by atoms with van der Waals surface area (Å²) in [7, 11) is -3.58. The third kappa shape index (κ3) is 3.71. The topological polar surface area (TPSA) is 66.5 Å². The number of fused-ring (bicyclic) bond motifs is 1. The first-order chi connectivity index (χ1) is 12.4. The van der Waals surface area contributed by atoms with Crippen molar-refractivity contribution in [2.45, 2.75) is 25.0 Å². The summed E-state index contributed by atoms with van der Waals surface area (Å²) in [5.74, 6) is 0.141. The number of rotatable bonds is 5. The fourth-order valence-electron chi connectivity index (χ4n) is 3.28. The first-order valence-electron chi connectivity index (χ1n) is 8.60. The van der Waals surface area contributed by atoms with Crippen LogP contribution in [0, 0.1) is 5.92 Å². The average Bonchev–Trinajstić information content (AvgIpc) is 3.33. The van der Waals surface area contributed by atoms with Gasteiger partial charge in [-0.25, -0.2) is 8.42 Å². The molecule has 0 bridgehead atoms. The molecule has 0 saturated heterocycles. The highest BCUT2D eigenvalue weighted by Gasteiger charge is 2.36. The van der Waals surface area contributed by atoms with Crippen molar-refractivity contribution in [2.24, 2.45) is 5.92 Å². The second-order valence-corrected chi connectivity index (χ2v) is 9.01. The van der Waals surface area contributed by atoms with Crippen molar-refractivity contribution in [3.8, 4) is 0 Å². The van der Waals surface area contributed by atoms with Crippen molar-refractivity contribution in [2.75, 3.05) is 16.2 Å². The second kappa shape index (κ2) is 6.59. The summed E-state index contributed by atoms with van der Waals surface area (Å²) in [6, 6.07) is 12.2. The Labute approximate surface area is 158 Å². The fraction of sp³-hybridized carbons (Fsp3) is 0.316. The highest BCUT2D eigenvalue weighted by molar-refractivity contribution is 7.91. The van der Waals surface area contributed by atoms with Gasteiger partial charge in [-0.3, -0.25) is 9.52 Å². The number of anilines is 2. The molecule has 0 radical (unpaired) electrons. The van der Waals surface area contributed by atoms with Crippen LogP contribution in [-0.2, 0) is 27.0 Å². The van der Waals surface area contributed by atoms with E-state index in [-0.39, 0.29) is 17.6 Å². The van der Waals surface area contributed by atoms with Gasteiger partial charge in [-0.15, -0.1) is 0 Å². The van der Waals surface area contributed by atoms with Gasteiger partial charge < -0.3 is 4.90 Å². The lowest BCUT2D eigenvalue weighted by atomic mass is 10.1. The molecule has 1 aliphatic heterocycles. The molecular formula is C19H19ClN2O3S. The van der Waals surface area contributed by atoms with Gasteiger partial charge in [-0.05, 0) is 54.7 Å². The van der Waals surface area contributed by atoms with Crippen molar-refractivity contribution in [1.82, 2.24) is 0 Å². The Kier molecular flexibility index (Phi) is 4.40. The Bertz CT molecular complexity index is 970. The normalized spacial score (nSPS) is 16.4. The summed E-state index contributed by atoms with van der Waals surface area (Å²) in [4.78, 5) is 14.2. The van der Waals surface area contributed by atoms with Crippen LogP contribution < -0.4 is 9.62 Å². The molecule has 2 aromatic carbocycles. The van der Waals surface area contributed by atoms with Gasteiger partial charge in [-0.1, -0.05) is 29.8 Å². The quantitative estimate of drug-likeness (QED) is 0.848. The highest BCUT2D eigenvalue weighted by Crippen LogP contribution is 2.37. The largest absolute Gasteiger partial charge is 0.312 e. The molecule has 1 heterocycles. The SMILES string of the molecule is O=C(C1CC1)N1CCc2ccc(NS(=O)(=O)Cc3cccc(Cl)c3)cc21. The summed E-state index contributed by atoms with van der Waals surface area (Å²) >= 11 is 5.92. The number of amides is 1. The van der Waals surface area contributed by atoms with Crippen LogP contribution in [0.15, 0.2) is 42.5 Å². The van der Waals surface area contributed by atoms with Gasteiger partial charge in [0.15, 0.2) is 0 Å². The number of nitrogens with one attached hydrogen (secondary N) is 1. The van der Waals surface area contributed by atoms with Gasteiger partial charge in [0.1, 0.15) is 0 Å². The first kappa shape index (κ1) is 17.4. The van der Waals surface area contributed by atoms with E-state index in [9.17, 15) is 13.2 Å². The Morgan fingerprint density at radius 2 is 2.00 bits per heavy atom. The van der Waals surface area contributed by atoms with Crippen LogP contribution in [0.2, 0.25) is 5.02 Å². The molecule has 4 rings (SSSR count). The molecule has 7 heteroatoms. The summed E-state index contributed by atoms with van der Waals surface area (Å²) in [6.45, 7) is 0.670. The number of nitrogens with zero attached hydrogens (tertiary/aromatic N) is 1. The maximum absolute atomic E-state index is 12.5. The molecule has 0 unspecified atom stereocenters. The van der Waals surface area contributed by atoms with Crippen molar-refractivity contribution >= 4 is 38.9 Å². The van der Waals surface area contributed by atoms with Gasteiger partial charge >= 0.3 is 0 Å². The zero-order chi connectivity index (χ0) is 18.3. The van der Waals surface area contributed by atoms with Crippen molar-refractivity contribution in [3.63, 3.8) is 0 Å². The van der Waals surface area contributed by atoms with Gasteiger partial charge in [0, 0.05) is 23.2 Å². The molecule has 0 atom stereocenters. The minimum atomic E-state index is -3.58. The van der Waals surface area contributed by atoms with E-state index in [1.807, 2.05) is 6.07 Å². The van der Waals surface area contributed by atoms with Gasteiger partial charge in [-0.2, -0.15) is 0 Å². The van der Waals surface area contributed by atoms with E-state index in [4.69, 9.17) is 11.6 Å². The van der Waals surface area contributed by atoms with Crippen LogP contribution >= 0.6 is 11.6 Å². The zero-order valence-corrected chi connectivity index (χ0v) is 15.7. The van der Waals surface area contributed by atoms with Crippen LogP contribution in [-0.4, -0.2) is 20.9 Å². The predicted molar refractivity (Wildman–Crippen MR) is 103 cm³/mol. The number of halogens is 1. The van der Waals surface area contributed by atoms with Crippen LogP contribution in [0.4, 0.5) is 11.4 Å². The number of sulfonamides is 1. The van der Waals surface area contributed by atoms with Crippen LogP contribution in [0.3, 0.4) is 0 Å². The molecule has 1 saturated carbocycles. The van der Waals surface area contributed by atoms with Crippen LogP contribution in [0.1, 0.15) is 24.0 Å². The van der Waals surface area contributed by atoms with E-state index in [2.05, 4.69) is 4.72 Å². The van der Waals surface area contributed by atoms with Crippen LogP contribution in [0.25, 0.3) is 0 Å². The molecular weight excluding hydrogens is 372 g/mol. The summed E-state index contributed by atoms with van der Waals surface area (Å²) in [6.07, 6.45) is 2.72. The lowest BCUT2D eigenvalue weighted by Crippen LogP contribution is -2.30. The molecule has 1 N–H and O–H groups in total. The minimum Gasteiger partial charge on any atom is -0.312 e. The third-order valence-electron chi connectivity index (χ3n) is 4.69. The van der Waals surface area contributed by atoms with E-state index < -0.39 is 10.0 Å². The number of carbonyl (C=O) groups is 1. The lowest BCUT2D eigenvalue weighted by Gasteiger charge is -2.18. The van der Waals surface area contributed by atoms with Gasteiger partial charge in [0.05, 0.1) is 11.4 Å². The lowest BCUT2D eigenvalue weighted by molar-refractivity contribution is -0.119. The van der Waals surface area contributed by atoms with E-state index >= 15 is 0 Å². The monoisotopic (exact) mass is 390 g/mol. The molecule has 136 valence electrons. The van der Waals surface area contributed by atoms with Crippen molar-refractivity contribution in [3.05, 3.63) is 58.6 Å². The van der Waals surface area contributed by atoms with E-state index in [0.717, 1.165) is 30.5 Å². The number of hydrogen-bond acceptors (Lipinski definition) is 3. The number of benzene rings is 2. The summed E-state index contributed by atoms with van der Waals surface area (Å²) < 4.78 is 27.6. The second-order valence-electron chi connectivity index (χ2n) is 6.85. The van der Waals surface area contributed by atoms with Gasteiger partial charge in [0.2, 0.25) is 15.9 Å². The molecule has 0 spiro atoms. The minimum absolute atomic E-state index is 0.143. The molecule has 1 amide bonds. The molecule has 0 aromatic heterocycles. The van der Waals surface area contributed by atoms with E-state index in [0.29, 0.717) is 22.8 Å². The maximum atomic E-state index is 12.5. The Hall–Kier alpha value is -2.05. The maximum Gasteiger partial charge on any atom is 0.236 e. The molecule has 2 aromatic rings. The van der Waals surface area contributed by atoms with Crippen molar-refractivity contribution < 1.29 is 13.2 Å². The van der Waals surface area contributed by atoms with Crippen molar-refractivity contribution in [1.29, 1.82) is 0 Å². The molecule has 1 fully saturated rings. The molecule has 2 aliphatic rings. The van der Waals surface area contributed by atoms with E-state index in [1.54, 1.807) is 41.3 Å². The number of carbonyl (C=O) groups excluding carboxylic acids is 1. The van der Waals surface area contributed by atoms with E-state index in [1.165, 1.54) is 0 Å². The first-order valence-corrected chi connectivity index (χ1v) is 10.6. The summed E-state index contributed by atoms with van der Waals surface area (Å²) in [5, 5.41) is 0.504. The third-order valence-corrected chi connectivity index (χ3v) is 6.19. The molecule has 1 aliphatic carbocycles. The standard InChI is InChI=1S/C19H19ClN2O3S/c20-16-3-1-2-13(10-16)12-26(24,25)21-17-7-6-14-8-9-22(18(14)11-17)19(23)15-4-5-15/h1-3,6-7,10-11,15,21H,4-5,8-9,12H2. The van der Waals surface area contributed by atoms with Crippen LogP contribution in [0.5, 0.6) is 0 Å². The molecule has 26 heavy (non-hydrogen) atoms.